The van der Waals surface area contributed by atoms with Crippen molar-refractivity contribution in [3.8, 4) is 0 Å². The smallest absolute Gasteiger partial charge is 0.0833 e. The summed E-state index contributed by atoms with van der Waals surface area (Å²) < 4.78 is 0. The van der Waals surface area contributed by atoms with Gasteiger partial charge in [0.05, 0.1) is 6.10 Å². The van der Waals surface area contributed by atoms with Crippen molar-refractivity contribution in [3.63, 3.8) is 0 Å². The summed E-state index contributed by atoms with van der Waals surface area (Å²) in [6.45, 7) is 6.62. The van der Waals surface area contributed by atoms with Crippen molar-refractivity contribution in [1.29, 1.82) is 0 Å². The largest absolute Gasteiger partial charge is 0.388 e. The summed E-state index contributed by atoms with van der Waals surface area (Å²) in [6, 6.07) is 3.98. The number of aryl methyl sites for hydroxylation is 1. The fourth-order valence-corrected chi connectivity index (χ4v) is 2.66. The van der Waals surface area contributed by atoms with Crippen LogP contribution in [0.1, 0.15) is 56.9 Å². The summed E-state index contributed by atoms with van der Waals surface area (Å²) in [5.74, 6) is 0.410. The highest BCUT2D eigenvalue weighted by Gasteiger charge is 2.31. The van der Waals surface area contributed by atoms with Crippen molar-refractivity contribution in [2.45, 2.75) is 52.6 Å². The normalized spacial score (nSPS) is 22.4. The first-order valence-corrected chi connectivity index (χ1v) is 6.58. The third kappa shape index (κ3) is 3.06. The van der Waals surface area contributed by atoms with Gasteiger partial charge in [0.25, 0.3) is 0 Å². The van der Waals surface area contributed by atoms with Gasteiger partial charge in [-0.1, -0.05) is 19.9 Å². The van der Waals surface area contributed by atoms with Crippen molar-refractivity contribution in [1.82, 2.24) is 4.98 Å². The molecule has 2 heteroatoms. The molecule has 0 saturated heterocycles. The number of aliphatic hydroxyl groups is 1. The minimum atomic E-state index is -0.334. The molecule has 1 saturated carbocycles. The molecule has 0 spiro atoms. The van der Waals surface area contributed by atoms with Gasteiger partial charge in [-0.2, -0.15) is 0 Å². The van der Waals surface area contributed by atoms with Gasteiger partial charge < -0.3 is 5.11 Å². The first kappa shape index (κ1) is 12.6. The molecule has 17 heavy (non-hydrogen) atoms. The van der Waals surface area contributed by atoms with Crippen LogP contribution in [0.4, 0.5) is 0 Å². The number of pyridine rings is 1. The van der Waals surface area contributed by atoms with Crippen LogP contribution < -0.4 is 0 Å². The number of rotatable bonds is 2. The van der Waals surface area contributed by atoms with Gasteiger partial charge in [-0.05, 0) is 55.6 Å². The van der Waals surface area contributed by atoms with E-state index in [2.05, 4.69) is 18.8 Å². The minimum absolute atomic E-state index is 0.334. The number of aromatic nitrogens is 1. The lowest BCUT2D eigenvalue weighted by molar-refractivity contribution is 0.0565. The van der Waals surface area contributed by atoms with Gasteiger partial charge in [-0.3, -0.25) is 4.98 Å². The Morgan fingerprint density at radius 3 is 2.47 bits per heavy atom. The lowest BCUT2D eigenvalue weighted by Crippen LogP contribution is -2.25. The zero-order valence-electron chi connectivity index (χ0n) is 11.1. The Balaban J connectivity index is 2.01. The first-order valence-electron chi connectivity index (χ1n) is 6.58. The number of nitrogens with zero attached hydrogens (tertiary/aromatic N) is 1. The van der Waals surface area contributed by atoms with Crippen molar-refractivity contribution in [2.24, 2.45) is 11.3 Å². The summed E-state index contributed by atoms with van der Waals surface area (Å²) >= 11 is 0. The molecule has 2 rings (SSSR count). The minimum Gasteiger partial charge on any atom is -0.388 e. The van der Waals surface area contributed by atoms with Gasteiger partial charge in [-0.15, -0.1) is 0 Å². The number of aliphatic hydroxyl groups excluding tert-OH is 1. The van der Waals surface area contributed by atoms with Crippen LogP contribution in [0.25, 0.3) is 0 Å². The van der Waals surface area contributed by atoms with Crippen LogP contribution in [0.5, 0.6) is 0 Å². The molecule has 1 aromatic rings. The van der Waals surface area contributed by atoms with Crippen molar-refractivity contribution < 1.29 is 5.11 Å². The molecule has 0 amide bonds. The SMILES string of the molecule is Cc1ccc(C(O)C2CCC(C)(C)CC2)cn1. The summed E-state index contributed by atoms with van der Waals surface area (Å²) in [5, 5.41) is 10.4. The Bertz CT molecular complexity index is 359. The number of hydrogen-bond acceptors (Lipinski definition) is 2. The predicted octanol–water partition coefficient (Wildman–Crippen LogP) is 3.64. The second kappa shape index (κ2) is 4.77. The molecule has 0 bridgehead atoms. The fourth-order valence-electron chi connectivity index (χ4n) is 2.66. The second-order valence-corrected chi connectivity index (χ2v) is 6.18. The third-order valence-corrected chi connectivity index (χ3v) is 4.11. The van der Waals surface area contributed by atoms with E-state index in [4.69, 9.17) is 0 Å². The second-order valence-electron chi connectivity index (χ2n) is 6.18. The van der Waals surface area contributed by atoms with E-state index in [0.717, 1.165) is 24.1 Å². The molecule has 1 aliphatic rings. The molecule has 1 aliphatic carbocycles. The van der Waals surface area contributed by atoms with E-state index >= 15 is 0 Å². The molecule has 0 aliphatic heterocycles. The zero-order chi connectivity index (χ0) is 12.5. The summed E-state index contributed by atoms with van der Waals surface area (Å²) in [4.78, 5) is 4.26. The maximum atomic E-state index is 10.4. The van der Waals surface area contributed by atoms with E-state index in [9.17, 15) is 5.11 Å². The maximum Gasteiger partial charge on any atom is 0.0833 e. The number of hydrogen-bond donors (Lipinski definition) is 1. The first-order chi connectivity index (χ1) is 7.98. The van der Waals surface area contributed by atoms with Crippen LogP contribution in [0.3, 0.4) is 0 Å². The third-order valence-electron chi connectivity index (χ3n) is 4.11. The zero-order valence-corrected chi connectivity index (χ0v) is 11.1. The molecule has 1 heterocycles. The van der Waals surface area contributed by atoms with Crippen LogP contribution >= 0.6 is 0 Å². The van der Waals surface area contributed by atoms with Gasteiger partial charge >= 0.3 is 0 Å². The van der Waals surface area contributed by atoms with Crippen molar-refractivity contribution in [3.05, 3.63) is 29.6 Å². The predicted molar refractivity (Wildman–Crippen MR) is 69.7 cm³/mol. The van der Waals surface area contributed by atoms with Gasteiger partial charge in [0.1, 0.15) is 0 Å². The molecule has 1 atom stereocenters. The van der Waals surface area contributed by atoms with E-state index in [1.165, 1.54) is 12.8 Å². The van der Waals surface area contributed by atoms with E-state index in [0.29, 0.717) is 11.3 Å². The van der Waals surface area contributed by atoms with E-state index in [1.54, 1.807) is 0 Å². The standard InChI is InChI=1S/C15H23NO/c1-11-4-5-13(10-16-11)14(17)12-6-8-15(2,3)9-7-12/h4-5,10,12,14,17H,6-9H2,1-3H3. The summed E-state index contributed by atoms with van der Waals surface area (Å²) in [6.07, 6.45) is 6.17. The Morgan fingerprint density at radius 2 is 1.94 bits per heavy atom. The molecular formula is C15H23NO. The lowest BCUT2D eigenvalue weighted by Gasteiger charge is -2.36. The highest BCUT2D eigenvalue weighted by atomic mass is 16.3. The molecule has 1 N–H and O–H groups in total. The highest BCUT2D eigenvalue weighted by molar-refractivity contribution is 5.16. The summed E-state index contributed by atoms with van der Waals surface area (Å²) in [5.41, 5.74) is 2.44. The molecule has 94 valence electrons. The van der Waals surface area contributed by atoms with E-state index < -0.39 is 0 Å². The molecule has 1 fully saturated rings. The molecule has 1 unspecified atom stereocenters. The van der Waals surface area contributed by atoms with Gasteiger partial charge in [0.2, 0.25) is 0 Å². The molecule has 1 aromatic heterocycles. The molecule has 0 aromatic carbocycles. The van der Waals surface area contributed by atoms with Crippen LogP contribution in [0, 0.1) is 18.3 Å². The topological polar surface area (TPSA) is 33.1 Å². The highest BCUT2D eigenvalue weighted by Crippen LogP contribution is 2.42. The quantitative estimate of drug-likeness (QED) is 0.846. The van der Waals surface area contributed by atoms with Crippen molar-refractivity contribution >= 4 is 0 Å². The Labute approximate surface area is 104 Å². The Hall–Kier alpha value is -0.890. The fraction of sp³-hybridized carbons (Fsp3) is 0.667. The van der Waals surface area contributed by atoms with Crippen LogP contribution in [-0.2, 0) is 0 Å². The van der Waals surface area contributed by atoms with Gasteiger partial charge in [-0.25, -0.2) is 0 Å². The van der Waals surface area contributed by atoms with Crippen LogP contribution in [-0.4, -0.2) is 10.1 Å². The van der Waals surface area contributed by atoms with E-state index in [1.807, 2.05) is 25.3 Å². The average molecular weight is 233 g/mol. The van der Waals surface area contributed by atoms with E-state index in [-0.39, 0.29) is 6.10 Å². The molecular weight excluding hydrogens is 210 g/mol. The molecule has 0 radical (unpaired) electrons. The monoisotopic (exact) mass is 233 g/mol. The maximum absolute atomic E-state index is 10.4. The average Bonchev–Trinajstić information content (AvgIpc) is 2.29. The molecule has 2 nitrogen and oxygen atoms in total. The van der Waals surface area contributed by atoms with Crippen molar-refractivity contribution in [2.75, 3.05) is 0 Å². The van der Waals surface area contributed by atoms with Gasteiger partial charge in [0.15, 0.2) is 0 Å². The van der Waals surface area contributed by atoms with Crippen LogP contribution in [0.2, 0.25) is 0 Å². The van der Waals surface area contributed by atoms with Gasteiger partial charge in [0, 0.05) is 11.9 Å². The Morgan fingerprint density at radius 1 is 1.29 bits per heavy atom. The summed E-state index contributed by atoms with van der Waals surface area (Å²) in [7, 11) is 0. The Kier molecular flexibility index (Phi) is 3.53. The van der Waals surface area contributed by atoms with Crippen LogP contribution in [0.15, 0.2) is 18.3 Å². The lowest BCUT2D eigenvalue weighted by atomic mass is 9.71.